The molecule has 1 saturated heterocycles. The molecule has 1 aliphatic heterocycles. The van der Waals surface area contributed by atoms with Crippen molar-refractivity contribution in [2.24, 2.45) is 5.92 Å². The summed E-state index contributed by atoms with van der Waals surface area (Å²) in [6, 6.07) is 0.774. The highest BCUT2D eigenvalue weighted by Gasteiger charge is 2.17. The summed E-state index contributed by atoms with van der Waals surface area (Å²) < 4.78 is 0. The number of rotatable bonds is 7. The normalized spacial score (nSPS) is 22.9. The van der Waals surface area contributed by atoms with Crippen molar-refractivity contribution in [2.75, 3.05) is 37.7 Å². The molecular weight excluding hydrogens is 216 g/mol. The van der Waals surface area contributed by atoms with E-state index in [0.717, 1.165) is 18.5 Å². The Balaban J connectivity index is 1.94. The summed E-state index contributed by atoms with van der Waals surface area (Å²) in [6.07, 6.45) is 2.67. The molecule has 1 heterocycles. The van der Waals surface area contributed by atoms with Gasteiger partial charge >= 0.3 is 0 Å². The fraction of sp³-hybridized carbons (Fsp3) is 1.00. The maximum atomic E-state index is 3.56. The lowest BCUT2D eigenvalue weighted by Crippen LogP contribution is -2.43. The van der Waals surface area contributed by atoms with Gasteiger partial charge in [-0.1, -0.05) is 13.8 Å². The third-order valence-corrected chi connectivity index (χ3v) is 4.41. The van der Waals surface area contributed by atoms with Crippen LogP contribution in [-0.4, -0.2) is 48.6 Å². The molecule has 0 spiro atoms. The Morgan fingerprint density at radius 3 is 2.88 bits per heavy atom. The summed E-state index contributed by atoms with van der Waals surface area (Å²) in [5.74, 6) is 3.48. The first-order valence-electron chi connectivity index (χ1n) is 6.72. The van der Waals surface area contributed by atoms with Crippen LogP contribution in [0.3, 0.4) is 0 Å². The Labute approximate surface area is 106 Å². The molecule has 3 heteroatoms. The van der Waals surface area contributed by atoms with Crippen molar-refractivity contribution in [3.8, 4) is 0 Å². The van der Waals surface area contributed by atoms with Crippen LogP contribution in [0.25, 0.3) is 0 Å². The van der Waals surface area contributed by atoms with Crippen LogP contribution in [0.1, 0.15) is 33.6 Å². The van der Waals surface area contributed by atoms with Crippen LogP contribution in [0.2, 0.25) is 0 Å². The lowest BCUT2D eigenvalue weighted by Gasteiger charge is -2.32. The molecule has 0 amide bonds. The van der Waals surface area contributed by atoms with Gasteiger partial charge in [0.25, 0.3) is 0 Å². The third-order valence-electron chi connectivity index (χ3n) is 3.22. The molecular formula is C13H28N2S. The van der Waals surface area contributed by atoms with Gasteiger partial charge in [-0.05, 0) is 32.2 Å². The third kappa shape index (κ3) is 6.12. The van der Waals surface area contributed by atoms with Gasteiger partial charge in [-0.25, -0.2) is 0 Å². The molecule has 96 valence electrons. The van der Waals surface area contributed by atoms with E-state index < -0.39 is 0 Å². The van der Waals surface area contributed by atoms with Gasteiger partial charge in [-0.15, -0.1) is 0 Å². The average molecular weight is 244 g/mol. The van der Waals surface area contributed by atoms with E-state index in [1.807, 2.05) is 0 Å². The molecule has 0 bridgehead atoms. The summed E-state index contributed by atoms with van der Waals surface area (Å²) in [4.78, 5) is 2.62. The highest BCUT2D eigenvalue weighted by atomic mass is 32.2. The lowest BCUT2D eigenvalue weighted by atomic mass is 10.1. The van der Waals surface area contributed by atoms with E-state index >= 15 is 0 Å². The average Bonchev–Trinajstić information content (AvgIpc) is 2.25. The first kappa shape index (κ1) is 14.3. The van der Waals surface area contributed by atoms with E-state index in [0.29, 0.717) is 0 Å². The highest BCUT2D eigenvalue weighted by Crippen LogP contribution is 2.14. The molecule has 1 N–H and O–H groups in total. The molecule has 0 aromatic heterocycles. The predicted octanol–water partition coefficient (Wildman–Crippen LogP) is 2.45. The Hall–Kier alpha value is 0.270. The van der Waals surface area contributed by atoms with Crippen molar-refractivity contribution in [1.82, 2.24) is 10.2 Å². The monoisotopic (exact) mass is 244 g/mol. The molecule has 1 unspecified atom stereocenters. The van der Waals surface area contributed by atoms with E-state index in [1.54, 1.807) is 0 Å². The Bertz CT molecular complexity index is 173. The summed E-state index contributed by atoms with van der Waals surface area (Å²) in [5.41, 5.74) is 0. The molecule has 0 radical (unpaired) electrons. The Morgan fingerprint density at radius 1 is 1.38 bits per heavy atom. The van der Waals surface area contributed by atoms with Crippen LogP contribution in [0, 0.1) is 5.92 Å². The van der Waals surface area contributed by atoms with Crippen molar-refractivity contribution in [3.05, 3.63) is 0 Å². The van der Waals surface area contributed by atoms with Crippen molar-refractivity contribution >= 4 is 11.8 Å². The second-order valence-electron chi connectivity index (χ2n) is 5.25. The SMILES string of the molecule is CC(C)CCCNCCN1CCSCC1C. The minimum atomic E-state index is 0.774. The van der Waals surface area contributed by atoms with E-state index in [-0.39, 0.29) is 0 Å². The van der Waals surface area contributed by atoms with Crippen molar-refractivity contribution < 1.29 is 0 Å². The van der Waals surface area contributed by atoms with Crippen LogP contribution in [-0.2, 0) is 0 Å². The molecule has 1 fully saturated rings. The molecule has 16 heavy (non-hydrogen) atoms. The van der Waals surface area contributed by atoms with E-state index in [4.69, 9.17) is 0 Å². The van der Waals surface area contributed by atoms with Gasteiger partial charge in [-0.3, -0.25) is 4.90 Å². The Kier molecular flexibility index (Phi) is 7.50. The Morgan fingerprint density at radius 2 is 2.19 bits per heavy atom. The lowest BCUT2D eigenvalue weighted by molar-refractivity contribution is 0.232. The molecule has 1 rings (SSSR count). The maximum Gasteiger partial charge on any atom is 0.0158 e. The molecule has 0 saturated carbocycles. The van der Waals surface area contributed by atoms with E-state index in [2.05, 4.69) is 42.7 Å². The van der Waals surface area contributed by atoms with Crippen molar-refractivity contribution in [3.63, 3.8) is 0 Å². The van der Waals surface area contributed by atoms with Crippen LogP contribution < -0.4 is 5.32 Å². The number of nitrogens with one attached hydrogen (secondary N) is 1. The fourth-order valence-electron chi connectivity index (χ4n) is 2.08. The second kappa shape index (κ2) is 8.37. The quantitative estimate of drug-likeness (QED) is 0.693. The summed E-state index contributed by atoms with van der Waals surface area (Å²) in [6.45, 7) is 11.8. The molecule has 2 nitrogen and oxygen atoms in total. The summed E-state index contributed by atoms with van der Waals surface area (Å²) in [5, 5.41) is 3.56. The molecule has 0 aromatic carbocycles. The minimum Gasteiger partial charge on any atom is -0.315 e. The summed E-state index contributed by atoms with van der Waals surface area (Å²) in [7, 11) is 0. The van der Waals surface area contributed by atoms with Gasteiger partial charge in [0.15, 0.2) is 0 Å². The number of hydrogen-bond donors (Lipinski definition) is 1. The van der Waals surface area contributed by atoms with Crippen LogP contribution in [0.5, 0.6) is 0 Å². The van der Waals surface area contributed by atoms with E-state index in [9.17, 15) is 0 Å². The predicted molar refractivity (Wildman–Crippen MR) is 75.3 cm³/mol. The zero-order chi connectivity index (χ0) is 11.8. The largest absolute Gasteiger partial charge is 0.315 e. The first-order valence-corrected chi connectivity index (χ1v) is 7.88. The van der Waals surface area contributed by atoms with Crippen molar-refractivity contribution in [1.29, 1.82) is 0 Å². The zero-order valence-electron chi connectivity index (χ0n) is 11.2. The van der Waals surface area contributed by atoms with E-state index in [1.165, 1.54) is 44.0 Å². The van der Waals surface area contributed by atoms with Gasteiger partial charge in [0.2, 0.25) is 0 Å². The zero-order valence-corrected chi connectivity index (χ0v) is 12.0. The van der Waals surface area contributed by atoms with Gasteiger partial charge in [0.05, 0.1) is 0 Å². The van der Waals surface area contributed by atoms with Crippen LogP contribution in [0.15, 0.2) is 0 Å². The maximum absolute atomic E-state index is 3.56. The summed E-state index contributed by atoms with van der Waals surface area (Å²) >= 11 is 2.10. The molecule has 1 aliphatic rings. The van der Waals surface area contributed by atoms with Crippen LogP contribution in [0.4, 0.5) is 0 Å². The topological polar surface area (TPSA) is 15.3 Å². The smallest absolute Gasteiger partial charge is 0.0158 e. The fourth-order valence-corrected chi connectivity index (χ4v) is 3.16. The van der Waals surface area contributed by atoms with Gasteiger partial charge in [0.1, 0.15) is 0 Å². The van der Waals surface area contributed by atoms with Crippen LogP contribution >= 0.6 is 11.8 Å². The second-order valence-corrected chi connectivity index (χ2v) is 6.40. The standard InChI is InChI=1S/C13H28N2S/c1-12(2)5-4-6-14-7-8-15-9-10-16-11-13(15)3/h12-14H,4-11H2,1-3H3. The highest BCUT2D eigenvalue weighted by molar-refractivity contribution is 7.99. The number of thioether (sulfide) groups is 1. The molecule has 1 atom stereocenters. The van der Waals surface area contributed by atoms with Crippen molar-refractivity contribution in [2.45, 2.75) is 39.7 Å². The number of nitrogens with zero attached hydrogens (tertiary/aromatic N) is 1. The molecule has 0 aliphatic carbocycles. The minimum absolute atomic E-state index is 0.774. The number of hydrogen-bond acceptors (Lipinski definition) is 3. The molecule has 0 aromatic rings. The van der Waals surface area contributed by atoms with Gasteiger partial charge in [0, 0.05) is 37.2 Å². The first-order chi connectivity index (χ1) is 7.70. The van der Waals surface area contributed by atoms with Gasteiger partial charge < -0.3 is 5.32 Å². The van der Waals surface area contributed by atoms with Gasteiger partial charge in [-0.2, -0.15) is 11.8 Å².